The number of aryl methyl sites for hydroxylation is 1. The van der Waals surface area contributed by atoms with Gasteiger partial charge in [-0.15, -0.1) is 11.8 Å². The average Bonchev–Trinajstić information content (AvgIpc) is 2.79. The standard InChI is InChI=1S/C15H18BrFN2OS/c1-3-21-15-9(2)18-13-10(16)8-11(17)14(12(13)15)19-4-6-20-7-5-19/h8,18H,3-7H2,1-2H3. The summed E-state index contributed by atoms with van der Waals surface area (Å²) in [5.41, 5.74) is 2.78. The van der Waals surface area contributed by atoms with E-state index in [9.17, 15) is 4.39 Å². The van der Waals surface area contributed by atoms with E-state index in [4.69, 9.17) is 4.74 Å². The van der Waals surface area contributed by atoms with Gasteiger partial charge in [0, 0.05) is 33.5 Å². The van der Waals surface area contributed by atoms with Crippen LogP contribution in [0.25, 0.3) is 10.9 Å². The van der Waals surface area contributed by atoms with Gasteiger partial charge >= 0.3 is 0 Å². The summed E-state index contributed by atoms with van der Waals surface area (Å²) in [6, 6.07) is 1.56. The molecule has 0 bridgehead atoms. The zero-order valence-electron chi connectivity index (χ0n) is 12.1. The van der Waals surface area contributed by atoms with E-state index in [1.165, 1.54) is 0 Å². The molecule has 0 saturated carbocycles. The molecule has 0 amide bonds. The number of anilines is 1. The molecule has 1 fully saturated rings. The van der Waals surface area contributed by atoms with Gasteiger partial charge in [0.05, 0.1) is 24.4 Å². The zero-order chi connectivity index (χ0) is 15.0. The number of benzene rings is 1. The van der Waals surface area contributed by atoms with Crippen molar-refractivity contribution in [1.82, 2.24) is 4.98 Å². The third kappa shape index (κ3) is 2.69. The van der Waals surface area contributed by atoms with Gasteiger partial charge in [0.2, 0.25) is 0 Å². The van der Waals surface area contributed by atoms with Crippen molar-refractivity contribution in [2.24, 2.45) is 0 Å². The third-order valence-electron chi connectivity index (χ3n) is 3.70. The minimum absolute atomic E-state index is 0.173. The van der Waals surface area contributed by atoms with Crippen molar-refractivity contribution in [3.05, 3.63) is 22.1 Å². The molecule has 0 aliphatic carbocycles. The van der Waals surface area contributed by atoms with Crippen LogP contribution in [-0.4, -0.2) is 37.0 Å². The SMILES string of the molecule is CCSc1c(C)[nH]c2c(Br)cc(F)c(N3CCOCC3)c12. The normalized spacial score (nSPS) is 15.9. The first-order valence-corrected chi connectivity index (χ1v) is 8.87. The maximum Gasteiger partial charge on any atom is 0.148 e. The van der Waals surface area contributed by atoms with Gasteiger partial charge in [-0.05, 0) is 34.7 Å². The van der Waals surface area contributed by atoms with Gasteiger partial charge in [0.25, 0.3) is 0 Å². The maximum atomic E-state index is 14.7. The van der Waals surface area contributed by atoms with Gasteiger partial charge in [-0.1, -0.05) is 6.92 Å². The molecule has 1 N–H and O–H groups in total. The summed E-state index contributed by atoms with van der Waals surface area (Å²) in [4.78, 5) is 6.64. The van der Waals surface area contributed by atoms with Crippen LogP contribution >= 0.6 is 27.7 Å². The Balaban J connectivity index is 2.25. The fourth-order valence-corrected chi connectivity index (χ4v) is 4.20. The van der Waals surface area contributed by atoms with E-state index in [2.05, 4.69) is 32.7 Å². The minimum Gasteiger partial charge on any atom is -0.378 e. The van der Waals surface area contributed by atoms with Crippen LogP contribution in [-0.2, 0) is 4.74 Å². The summed E-state index contributed by atoms with van der Waals surface area (Å²) >= 11 is 5.24. The number of rotatable bonds is 3. The lowest BCUT2D eigenvalue weighted by Crippen LogP contribution is -2.36. The molecule has 1 saturated heterocycles. The second-order valence-corrected chi connectivity index (χ2v) is 7.18. The minimum atomic E-state index is -0.173. The van der Waals surface area contributed by atoms with Crippen LogP contribution in [0.1, 0.15) is 12.6 Å². The van der Waals surface area contributed by atoms with Crippen LogP contribution in [0.5, 0.6) is 0 Å². The van der Waals surface area contributed by atoms with E-state index in [1.807, 2.05) is 6.92 Å². The van der Waals surface area contributed by atoms with Gasteiger partial charge in [-0.25, -0.2) is 4.39 Å². The first-order valence-electron chi connectivity index (χ1n) is 7.09. The molecule has 2 heterocycles. The number of H-pyrrole nitrogens is 1. The fraction of sp³-hybridized carbons (Fsp3) is 0.467. The number of thioether (sulfide) groups is 1. The average molecular weight is 373 g/mol. The lowest BCUT2D eigenvalue weighted by atomic mass is 10.1. The fourth-order valence-electron chi connectivity index (χ4n) is 2.80. The number of nitrogens with one attached hydrogen (secondary N) is 1. The second kappa shape index (κ2) is 6.18. The molecular formula is C15H18BrFN2OS. The largest absolute Gasteiger partial charge is 0.378 e. The predicted molar refractivity (Wildman–Crippen MR) is 90.1 cm³/mol. The highest BCUT2D eigenvalue weighted by molar-refractivity contribution is 9.10. The molecule has 0 spiro atoms. The van der Waals surface area contributed by atoms with Crippen molar-refractivity contribution in [1.29, 1.82) is 0 Å². The highest BCUT2D eigenvalue weighted by Gasteiger charge is 2.24. The number of aromatic amines is 1. The first-order chi connectivity index (χ1) is 10.1. The molecule has 2 aromatic rings. The van der Waals surface area contributed by atoms with Gasteiger partial charge in [-0.2, -0.15) is 0 Å². The van der Waals surface area contributed by atoms with Crippen molar-refractivity contribution >= 4 is 44.3 Å². The number of morpholine rings is 1. The Kier molecular flexibility index (Phi) is 4.47. The van der Waals surface area contributed by atoms with Crippen molar-refractivity contribution in [2.45, 2.75) is 18.7 Å². The Hall–Kier alpha value is -0.720. The summed E-state index contributed by atoms with van der Waals surface area (Å²) in [7, 11) is 0. The molecule has 1 aromatic carbocycles. The molecular weight excluding hydrogens is 355 g/mol. The highest BCUT2D eigenvalue weighted by atomic mass is 79.9. The number of hydrogen-bond acceptors (Lipinski definition) is 3. The van der Waals surface area contributed by atoms with E-state index in [0.717, 1.165) is 44.8 Å². The molecule has 3 rings (SSSR count). The number of hydrogen-bond donors (Lipinski definition) is 1. The summed E-state index contributed by atoms with van der Waals surface area (Å²) in [5.74, 6) is 0.790. The van der Waals surface area contributed by atoms with Gasteiger partial charge in [-0.3, -0.25) is 0 Å². The molecule has 0 atom stereocenters. The van der Waals surface area contributed by atoms with Crippen LogP contribution < -0.4 is 4.90 Å². The molecule has 1 aromatic heterocycles. The van der Waals surface area contributed by atoms with Gasteiger partial charge in [0.15, 0.2) is 0 Å². The van der Waals surface area contributed by atoms with Crippen molar-refractivity contribution in [3.63, 3.8) is 0 Å². The summed E-state index contributed by atoms with van der Waals surface area (Å²) in [6.45, 7) is 6.92. The van der Waals surface area contributed by atoms with Crippen molar-refractivity contribution in [3.8, 4) is 0 Å². The van der Waals surface area contributed by atoms with Gasteiger partial charge in [0.1, 0.15) is 5.82 Å². The predicted octanol–water partition coefficient (Wildman–Crippen LogP) is 4.33. The van der Waals surface area contributed by atoms with E-state index in [-0.39, 0.29) is 5.82 Å². The molecule has 0 unspecified atom stereocenters. The lowest BCUT2D eigenvalue weighted by molar-refractivity contribution is 0.122. The van der Waals surface area contributed by atoms with Crippen LogP contribution in [0.3, 0.4) is 0 Å². The van der Waals surface area contributed by atoms with E-state index >= 15 is 0 Å². The van der Waals surface area contributed by atoms with Gasteiger partial charge < -0.3 is 14.6 Å². The number of aromatic nitrogens is 1. The Morgan fingerprint density at radius 1 is 1.43 bits per heavy atom. The number of fused-ring (bicyclic) bond motifs is 1. The Bertz CT molecular complexity index is 667. The molecule has 114 valence electrons. The highest BCUT2D eigenvalue weighted by Crippen LogP contribution is 2.42. The molecule has 3 nitrogen and oxygen atoms in total. The van der Waals surface area contributed by atoms with Crippen molar-refractivity contribution in [2.75, 3.05) is 37.0 Å². The number of nitrogens with zero attached hydrogens (tertiary/aromatic N) is 1. The maximum absolute atomic E-state index is 14.7. The second-order valence-electron chi connectivity index (χ2n) is 5.05. The smallest absolute Gasteiger partial charge is 0.148 e. The summed E-state index contributed by atoms with van der Waals surface area (Å²) < 4.78 is 20.8. The lowest BCUT2D eigenvalue weighted by Gasteiger charge is -2.30. The van der Waals surface area contributed by atoms with E-state index < -0.39 is 0 Å². The molecule has 1 aliphatic heterocycles. The number of halogens is 2. The summed E-state index contributed by atoms with van der Waals surface area (Å²) in [6.07, 6.45) is 0. The van der Waals surface area contributed by atoms with Crippen LogP contribution in [0.2, 0.25) is 0 Å². The quantitative estimate of drug-likeness (QED) is 0.812. The summed E-state index contributed by atoms with van der Waals surface area (Å²) in [5, 5.41) is 0.994. The van der Waals surface area contributed by atoms with E-state index in [0.29, 0.717) is 18.9 Å². The van der Waals surface area contributed by atoms with Crippen molar-refractivity contribution < 1.29 is 9.13 Å². The van der Waals surface area contributed by atoms with Crippen LogP contribution in [0.15, 0.2) is 15.4 Å². The molecule has 21 heavy (non-hydrogen) atoms. The monoisotopic (exact) mass is 372 g/mol. The van der Waals surface area contributed by atoms with Crippen LogP contribution in [0, 0.1) is 12.7 Å². The Morgan fingerprint density at radius 3 is 2.81 bits per heavy atom. The number of ether oxygens (including phenoxy) is 1. The topological polar surface area (TPSA) is 28.3 Å². The molecule has 1 aliphatic rings. The molecule has 0 radical (unpaired) electrons. The zero-order valence-corrected chi connectivity index (χ0v) is 14.5. The van der Waals surface area contributed by atoms with Crippen LogP contribution in [0.4, 0.5) is 10.1 Å². The molecule has 6 heteroatoms. The Morgan fingerprint density at radius 2 is 2.14 bits per heavy atom. The van der Waals surface area contributed by atoms with E-state index in [1.54, 1.807) is 17.8 Å². The third-order valence-corrected chi connectivity index (χ3v) is 5.41. The Labute approximate surface area is 136 Å². The first kappa shape index (κ1) is 15.2.